The summed E-state index contributed by atoms with van der Waals surface area (Å²) in [6.07, 6.45) is 3.84. The number of imide groups is 1. The van der Waals surface area contributed by atoms with Gasteiger partial charge in [-0.2, -0.15) is 0 Å². The van der Waals surface area contributed by atoms with Crippen molar-refractivity contribution in [3.05, 3.63) is 160 Å². The van der Waals surface area contributed by atoms with Crippen molar-refractivity contribution in [2.75, 3.05) is 55.6 Å². The fourth-order valence-electron chi connectivity index (χ4n) is 10.7. The summed E-state index contributed by atoms with van der Waals surface area (Å²) in [6, 6.07) is 38.1. The molecule has 3 fully saturated rings. The summed E-state index contributed by atoms with van der Waals surface area (Å²) in [4.78, 5) is 46.1. The number of piperazine rings is 1. The number of carbonyl (C=O) groups excluding carboxylic acids is 3. The smallest absolute Gasteiger partial charge is 0.255 e. The SMILES string of the molecule is O=C1CCC(N2Cc3cc(N4CCN(CC5(O)CCN(c6ccc(C7c8ccc(OCc9ccccc9)cc8CCC7c7ccc(F)cc7)cc6)CC5)CC4)ccc3C2=O)C(=O)N1. The van der Waals surface area contributed by atoms with Gasteiger partial charge in [-0.15, -0.1) is 0 Å². The highest BCUT2D eigenvalue weighted by molar-refractivity contribution is 6.05. The van der Waals surface area contributed by atoms with Crippen LogP contribution in [0, 0.1) is 5.82 Å². The molecule has 3 saturated heterocycles. The van der Waals surface area contributed by atoms with Crippen LogP contribution in [0.5, 0.6) is 5.75 Å². The lowest BCUT2D eigenvalue weighted by molar-refractivity contribution is -0.136. The molecule has 2 N–H and O–H groups in total. The standard InChI is InChI=1S/C52H54FN5O5/c53-40-11-6-36(7-12-40)44-17-10-38-31-43(63-33-35-4-2-1-3-5-35)16-19-45(38)49(44)37-8-13-41(14-9-37)56-24-22-52(62,23-25-56)34-55-26-28-57(29-27-55)42-15-18-46-39(30-42)32-58(51(46)61)47-20-21-48(59)54-50(47)60/h1-9,11-16,18-19,30-31,44,47,49,62H,10,17,20-29,32-34H2,(H,54,59,60). The number of aliphatic hydroxyl groups is 1. The number of carbonyl (C=O) groups is 3. The van der Waals surface area contributed by atoms with Crippen LogP contribution in [-0.4, -0.2) is 90.1 Å². The van der Waals surface area contributed by atoms with Gasteiger partial charge in [0.2, 0.25) is 11.8 Å². The number of rotatable bonds is 10. The number of fused-ring (bicyclic) bond motifs is 2. The van der Waals surface area contributed by atoms with Crippen LogP contribution in [0.3, 0.4) is 0 Å². The van der Waals surface area contributed by atoms with E-state index in [1.807, 2.05) is 42.5 Å². The minimum atomic E-state index is -0.760. The highest BCUT2D eigenvalue weighted by Gasteiger charge is 2.40. The van der Waals surface area contributed by atoms with Crippen molar-refractivity contribution in [1.82, 2.24) is 15.1 Å². The summed E-state index contributed by atoms with van der Waals surface area (Å²) in [7, 11) is 0. The fourth-order valence-corrected chi connectivity index (χ4v) is 10.7. The predicted molar refractivity (Wildman–Crippen MR) is 240 cm³/mol. The number of amides is 3. The Kier molecular flexibility index (Phi) is 11.2. The lowest BCUT2D eigenvalue weighted by Gasteiger charge is -2.44. The topological polar surface area (TPSA) is 106 Å². The Bertz CT molecular complexity index is 2480. The lowest BCUT2D eigenvalue weighted by atomic mass is 9.69. The summed E-state index contributed by atoms with van der Waals surface area (Å²) in [5.74, 6) is 0.136. The molecule has 11 heteroatoms. The van der Waals surface area contributed by atoms with Gasteiger partial charge in [0.25, 0.3) is 5.91 Å². The van der Waals surface area contributed by atoms with Gasteiger partial charge < -0.3 is 24.5 Å². The molecule has 4 heterocycles. The molecular formula is C52H54FN5O5. The van der Waals surface area contributed by atoms with Crippen molar-refractivity contribution in [1.29, 1.82) is 0 Å². The number of hydrogen-bond donors (Lipinski definition) is 2. The number of anilines is 2. The van der Waals surface area contributed by atoms with Gasteiger partial charge in [-0.05, 0) is 126 Å². The van der Waals surface area contributed by atoms with E-state index in [-0.39, 0.29) is 35.9 Å². The zero-order valence-electron chi connectivity index (χ0n) is 35.6. The summed E-state index contributed by atoms with van der Waals surface area (Å²) >= 11 is 0. The van der Waals surface area contributed by atoms with Crippen LogP contribution in [0.4, 0.5) is 15.8 Å². The Morgan fingerprint density at radius 3 is 2.17 bits per heavy atom. The van der Waals surface area contributed by atoms with E-state index in [0.717, 1.165) is 85.9 Å². The molecule has 5 aromatic rings. The molecule has 0 bridgehead atoms. The molecule has 3 atom stereocenters. The van der Waals surface area contributed by atoms with Crippen molar-refractivity contribution in [2.24, 2.45) is 0 Å². The van der Waals surface area contributed by atoms with Crippen LogP contribution in [0.2, 0.25) is 0 Å². The Balaban J connectivity index is 0.755. The van der Waals surface area contributed by atoms with E-state index in [0.29, 0.717) is 44.5 Å². The molecule has 5 aromatic carbocycles. The second kappa shape index (κ2) is 17.3. The molecule has 324 valence electrons. The normalized spacial score (nSPS) is 22.4. The van der Waals surface area contributed by atoms with Gasteiger partial charge in [0.15, 0.2) is 0 Å². The second-order valence-corrected chi connectivity index (χ2v) is 18.1. The van der Waals surface area contributed by atoms with Crippen LogP contribution in [0.1, 0.15) is 87.7 Å². The first-order valence-corrected chi connectivity index (χ1v) is 22.5. The van der Waals surface area contributed by atoms with Crippen molar-refractivity contribution in [3.63, 3.8) is 0 Å². The first kappa shape index (κ1) is 41.0. The molecule has 0 saturated carbocycles. The predicted octanol–water partition coefficient (Wildman–Crippen LogP) is 7.18. The third-order valence-corrected chi connectivity index (χ3v) is 14.2. The highest BCUT2D eigenvalue weighted by atomic mass is 19.1. The Labute approximate surface area is 368 Å². The maximum atomic E-state index is 14.1. The van der Waals surface area contributed by atoms with Crippen LogP contribution in [0.15, 0.2) is 115 Å². The Morgan fingerprint density at radius 1 is 0.714 bits per heavy atom. The molecule has 10 rings (SSSR count). The number of hydrogen-bond acceptors (Lipinski definition) is 8. The number of nitrogens with zero attached hydrogens (tertiary/aromatic N) is 4. The maximum Gasteiger partial charge on any atom is 0.255 e. The summed E-state index contributed by atoms with van der Waals surface area (Å²) in [6.45, 7) is 6.36. The molecule has 3 amide bonds. The number of piperidine rings is 2. The molecular weight excluding hydrogens is 794 g/mol. The van der Waals surface area contributed by atoms with Crippen molar-refractivity contribution in [2.45, 2.75) is 75.2 Å². The number of ether oxygens (including phenoxy) is 1. The molecule has 4 aliphatic heterocycles. The molecule has 63 heavy (non-hydrogen) atoms. The zero-order valence-corrected chi connectivity index (χ0v) is 35.6. The third-order valence-electron chi connectivity index (χ3n) is 14.2. The van der Waals surface area contributed by atoms with Crippen molar-refractivity contribution in [3.8, 4) is 5.75 Å². The van der Waals surface area contributed by atoms with Crippen LogP contribution >= 0.6 is 0 Å². The van der Waals surface area contributed by atoms with Crippen molar-refractivity contribution >= 4 is 29.1 Å². The number of halogens is 1. The number of benzene rings is 5. The first-order valence-electron chi connectivity index (χ1n) is 22.5. The molecule has 10 nitrogen and oxygen atoms in total. The fraction of sp³-hybridized carbons (Fsp3) is 0.365. The number of β-amino-alcohol motifs (C(OH)–C–C–N with tert-alkyl or cyclic N) is 1. The van der Waals surface area contributed by atoms with E-state index in [9.17, 15) is 23.9 Å². The van der Waals surface area contributed by atoms with Gasteiger partial charge in [-0.25, -0.2) is 4.39 Å². The average Bonchev–Trinajstić information content (AvgIpc) is 3.63. The van der Waals surface area contributed by atoms with Gasteiger partial charge in [-0.3, -0.25) is 24.6 Å². The number of aryl methyl sites for hydroxylation is 1. The van der Waals surface area contributed by atoms with E-state index in [1.165, 1.54) is 16.7 Å². The van der Waals surface area contributed by atoms with Crippen LogP contribution in [-0.2, 0) is 29.2 Å². The minimum absolute atomic E-state index is 0.116. The highest BCUT2D eigenvalue weighted by Crippen LogP contribution is 2.47. The minimum Gasteiger partial charge on any atom is -0.489 e. The summed E-state index contributed by atoms with van der Waals surface area (Å²) in [5.41, 5.74) is 9.10. The molecule has 5 aliphatic rings. The second-order valence-electron chi connectivity index (χ2n) is 18.1. The van der Waals surface area contributed by atoms with Gasteiger partial charge in [-0.1, -0.05) is 60.7 Å². The van der Waals surface area contributed by atoms with E-state index >= 15 is 0 Å². The summed E-state index contributed by atoms with van der Waals surface area (Å²) < 4.78 is 20.3. The number of nitrogens with one attached hydrogen (secondary N) is 1. The Hall–Kier alpha value is -6.04. The van der Waals surface area contributed by atoms with E-state index in [1.54, 1.807) is 17.0 Å². The molecule has 0 spiro atoms. The molecule has 1 aliphatic carbocycles. The van der Waals surface area contributed by atoms with Gasteiger partial charge in [0.1, 0.15) is 24.2 Å². The van der Waals surface area contributed by atoms with Crippen LogP contribution in [0.25, 0.3) is 0 Å². The van der Waals surface area contributed by atoms with E-state index in [2.05, 4.69) is 80.7 Å². The van der Waals surface area contributed by atoms with Gasteiger partial charge >= 0.3 is 0 Å². The molecule has 3 unspecified atom stereocenters. The zero-order chi connectivity index (χ0) is 43.1. The van der Waals surface area contributed by atoms with E-state index in [4.69, 9.17) is 4.74 Å². The molecule has 0 aromatic heterocycles. The lowest BCUT2D eigenvalue weighted by Crippen LogP contribution is -2.55. The van der Waals surface area contributed by atoms with Gasteiger partial charge in [0.05, 0.1) is 5.60 Å². The van der Waals surface area contributed by atoms with E-state index < -0.39 is 17.6 Å². The largest absolute Gasteiger partial charge is 0.489 e. The third kappa shape index (κ3) is 8.56. The van der Waals surface area contributed by atoms with Crippen molar-refractivity contribution < 1.29 is 28.6 Å². The quantitative estimate of drug-likeness (QED) is 0.143. The maximum absolute atomic E-state index is 14.1. The average molecular weight is 848 g/mol. The monoisotopic (exact) mass is 847 g/mol. The summed E-state index contributed by atoms with van der Waals surface area (Å²) in [5, 5.41) is 14.2. The molecule has 0 radical (unpaired) electrons. The van der Waals surface area contributed by atoms with Crippen LogP contribution < -0.4 is 19.9 Å². The van der Waals surface area contributed by atoms with Gasteiger partial charge in [0, 0.05) is 81.6 Å². The first-order chi connectivity index (χ1) is 30.7. The Morgan fingerprint density at radius 2 is 1.43 bits per heavy atom.